The first kappa shape index (κ1) is 14.3. The van der Waals surface area contributed by atoms with Crippen LogP contribution in [-0.4, -0.2) is 13.2 Å². The van der Waals surface area contributed by atoms with Crippen molar-refractivity contribution < 1.29 is 4.74 Å². The summed E-state index contributed by atoms with van der Waals surface area (Å²) in [6, 6.07) is 15.1. The molecule has 3 rings (SSSR count). The third kappa shape index (κ3) is 3.01. The summed E-state index contributed by atoms with van der Waals surface area (Å²) >= 11 is 6.05. The molecule has 1 saturated carbocycles. The van der Waals surface area contributed by atoms with Gasteiger partial charge in [0.05, 0.1) is 12.1 Å². The third-order valence-electron chi connectivity index (χ3n) is 4.29. The first-order valence-corrected chi connectivity index (χ1v) is 7.71. The van der Waals surface area contributed by atoms with Crippen molar-refractivity contribution in [3.63, 3.8) is 0 Å². The number of methoxy groups -OCH3 is 1. The molecule has 21 heavy (non-hydrogen) atoms. The van der Waals surface area contributed by atoms with Crippen molar-refractivity contribution in [2.24, 2.45) is 0 Å². The summed E-state index contributed by atoms with van der Waals surface area (Å²) in [6.07, 6.45) is 2.35. The Labute approximate surface area is 131 Å². The average molecular weight is 302 g/mol. The molecule has 0 amide bonds. The van der Waals surface area contributed by atoms with Crippen molar-refractivity contribution >= 4 is 17.3 Å². The smallest absolute Gasteiger partial charge is 0.139 e. The summed E-state index contributed by atoms with van der Waals surface area (Å²) in [6.45, 7) is 2.19. The highest BCUT2D eigenvalue weighted by Crippen LogP contribution is 2.40. The van der Waals surface area contributed by atoms with Crippen LogP contribution in [0.5, 0.6) is 5.75 Å². The fraction of sp³-hybridized carbons (Fsp3) is 0.333. The molecule has 0 heterocycles. The van der Waals surface area contributed by atoms with Crippen LogP contribution in [-0.2, 0) is 0 Å². The first-order chi connectivity index (χ1) is 10.2. The van der Waals surface area contributed by atoms with Crippen LogP contribution in [0.1, 0.15) is 29.9 Å². The molecule has 1 aliphatic carbocycles. The van der Waals surface area contributed by atoms with Gasteiger partial charge in [-0.25, -0.2) is 0 Å². The van der Waals surface area contributed by atoms with Crippen LogP contribution < -0.4 is 10.1 Å². The number of ether oxygens (including phenoxy) is 1. The molecule has 0 aromatic heterocycles. The fourth-order valence-electron chi connectivity index (χ4n) is 3.02. The van der Waals surface area contributed by atoms with Gasteiger partial charge >= 0.3 is 0 Å². The first-order valence-electron chi connectivity index (χ1n) is 7.33. The van der Waals surface area contributed by atoms with E-state index in [4.69, 9.17) is 16.3 Å². The predicted molar refractivity (Wildman–Crippen MR) is 88.6 cm³/mol. The lowest BCUT2D eigenvalue weighted by Gasteiger charge is -2.37. The Morgan fingerprint density at radius 1 is 1.14 bits per heavy atom. The van der Waals surface area contributed by atoms with E-state index >= 15 is 0 Å². The third-order valence-corrected chi connectivity index (χ3v) is 4.60. The molecular formula is C18H20ClNO. The molecule has 0 spiro atoms. The molecule has 0 unspecified atom stereocenters. The van der Waals surface area contributed by atoms with Crippen LogP contribution in [0.3, 0.4) is 0 Å². The monoisotopic (exact) mass is 301 g/mol. The SMILES string of the molecule is COc1cc(NC2CC(c3ccccc3C)C2)ccc1Cl. The summed E-state index contributed by atoms with van der Waals surface area (Å²) in [5.74, 6) is 1.40. The minimum Gasteiger partial charge on any atom is -0.495 e. The molecule has 2 aromatic rings. The van der Waals surface area contributed by atoms with Gasteiger partial charge in [-0.15, -0.1) is 0 Å². The topological polar surface area (TPSA) is 21.3 Å². The molecule has 1 N–H and O–H groups in total. The molecule has 1 fully saturated rings. The number of hydrogen-bond donors (Lipinski definition) is 1. The Hall–Kier alpha value is -1.67. The highest BCUT2D eigenvalue weighted by Gasteiger charge is 2.30. The Kier molecular flexibility index (Phi) is 4.07. The molecule has 110 valence electrons. The number of halogens is 1. The number of benzene rings is 2. The van der Waals surface area contributed by atoms with Gasteiger partial charge in [0, 0.05) is 17.8 Å². The van der Waals surface area contributed by atoms with Crippen molar-refractivity contribution in [3.8, 4) is 5.75 Å². The summed E-state index contributed by atoms with van der Waals surface area (Å²) < 4.78 is 5.25. The van der Waals surface area contributed by atoms with Crippen LogP contribution >= 0.6 is 11.6 Å². The lowest BCUT2D eigenvalue weighted by Crippen LogP contribution is -2.34. The predicted octanol–water partition coefficient (Wildman–Crippen LogP) is 5.02. The number of nitrogens with one attached hydrogen (secondary N) is 1. The molecule has 0 aliphatic heterocycles. The molecule has 2 nitrogen and oxygen atoms in total. The standard InChI is InChI=1S/C18H20ClNO/c1-12-5-3-4-6-16(12)13-9-15(10-13)20-14-7-8-17(19)18(11-14)21-2/h3-8,11,13,15,20H,9-10H2,1-2H3. The molecule has 1 aliphatic rings. The van der Waals surface area contributed by atoms with E-state index in [0.717, 1.165) is 11.4 Å². The van der Waals surface area contributed by atoms with Gasteiger partial charge in [0.1, 0.15) is 5.75 Å². The van der Waals surface area contributed by atoms with Crippen LogP contribution in [0.4, 0.5) is 5.69 Å². The zero-order chi connectivity index (χ0) is 14.8. The average Bonchev–Trinajstić information content (AvgIpc) is 2.45. The zero-order valence-corrected chi connectivity index (χ0v) is 13.2. The number of hydrogen-bond acceptors (Lipinski definition) is 2. The van der Waals surface area contributed by atoms with Crippen LogP contribution in [0, 0.1) is 6.92 Å². The van der Waals surface area contributed by atoms with Crippen molar-refractivity contribution in [2.45, 2.75) is 31.7 Å². The number of anilines is 1. The van der Waals surface area contributed by atoms with Gasteiger partial charge in [0.25, 0.3) is 0 Å². The summed E-state index contributed by atoms with van der Waals surface area (Å²) in [5.41, 5.74) is 3.96. The van der Waals surface area contributed by atoms with Gasteiger partial charge < -0.3 is 10.1 Å². The minimum absolute atomic E-state index is 0.528. The van der Waals surface area contributed by atoms with Gasteiger partial charge in [-0.05, 0) is 48.9 Å². The Bertz CT molecular complexity index is 635. The normalized spacial score (nSPS) is 20.7. The highest BCUT2D eigenvalue weighted by atomic mass is 35.5. The Balaban J connectivity index is 1.61. The molecule has 0 atom stereocenters. The van der Waals surface area contributed by atoms with Crippen molar-refractivity contribution in [2.75, 3.05) is 12.4 Å². The second-order valence-electron chi connectivity index (χ2n) is 5.72. The number of aryl methyl sites for hydroxylation is 1. The quantitative estimate of drug-likeness (QED) is 0.856. The van der Waals surface area contributed by atoms with E-state index < -0.39 is 0 Å². The van der Waals surface area contributed by atoms with Gasteiger partial charge in [0.2, 0.25) is 0 Å². The van der Waals surface area contributed by atoms with Gasteiger partial charge in [0.15, 0.2) is 0 Å². The maximum atomic E-state index is 6.05. The zero-order valence-electron chi connectivity index (χ0n) is 12.4. The molecule has 3 heteroatoms. The van der Waals surface area contributed by atoms with Gasteiger partial charge in [-0.2, -0.15) is 0 Å². The largest absolute Gasteiger partial charge is 0.495 e. The molecule has 0 bridgehead atoms. The van der Waals surface area contributed by atoms with E-state index in [9.17, 15) is 0 Å². The second kappa shape index (κ2) is 5.98. The second-order valence-corrected chi connectivity index (χ2v) is 6.12. The van der Waals surface area contributed by atoms with E-state index in [1.54, 1.807) is 7.11 Å². The van der Waals surface area contributed by atoms with E-state index in [-0.39, 0.29) is 0 Å². The summed E-state index contributed by atoms with van der Waals surface area (Å²) in [4.78, 5) is 0. The Morgan fingerprint density at radius 2 is 1.90 bits per heavy atom. The van der Waals surface area contributed by atoms with Crippen molar-refractivity contribution in [3.05, 3.63) is 58.6 Å². The highest BCUT2D eigenvalue weighted by molar-refractivity contribution is 6.32. The summed E-state index contributed by atoms with van der Waals surface area (Å²) in [7, 11) is 1.64. The summed E-state index contributed by atoms with van der Waals surface area (Å²) in [5, 5.41) is 4.21. The Morgan fingerprint density at radius 3 is 2.62 bits per heavy atom. The van der Waals surface area contributed by atoms with Crippen molar-refractivity contribution in [1.82, 2.24) is 0 Å². The van der Waals surface area contributed by atoms with Crippen LogP contribution in [0.15, 0.2) is 42.5 Å². The minimum atomic E-state index is 0.528. The molecule has 0 radical (unpaired) electrons. The molecule has 2 aromatic carbocycles. The van der Waals surface area contributed by atoms with Gasteiger partial charge in [-0.3, -0.25) is 0 Å². The maximum Gasteiger partial charge on any atom is 0.139 e. The fourth-order valence-corrected chi connectivity index (χ4v) is 3.21. The van der Waals surface area contributed by atoms with Crippen LogP contribution in [0.25, 0.3) is 0 Å². The van der Waals surface area contributed by atoms with E-state index in [2.05, 4.69) is 36.5 Å². The lowest BCUT2D eigenvalue weighted by molar-refractivity contribution is 0.372. The van der Waals surface area contributed by atoms with E-state index in [1.165, 1.54) is 24.0 Å². The molecule has 0 saturated heterocycles. The molecular weight excluding hydrogens is 282 g/mol. The van der Waals surface area contributed by atoms with E-state index in [1.807, 2.05) is 18.2 Å². The van der Waals surface area contributed by atoms with Crippen LogP contribution in [0.2, 0.25) is 5.02 Å². The number of rotatable bonds is 4. The maximum absolute atomic E-state index is 6.05. The van der Waals surface area contributed by atoms with Crippen molar-refractivity contribution in [1.29, 1.82) is 0 Å². The van der Waals surface area contributed by atoms with E-state index in [0.29, 0.717) is 17.0 Å². The van der Waals surface area contributed by atoms with Gasteiger partial charge in [-0.1, -0.05) is 35.9 Å². The lowest BCUT2D eigenvalue weighted by atomic mass is 9.74.